The molecule has 1 saturated heterocycles. The largest absolute Gasteiger partial charge is 0.505 e. The molecule has 5 heteroatoms. The summed E-state index contributed by atoms with van der Waals surface area (Å²) >= 11 is 3.19. The van der Waals surface area contributed by atoms with E-state index in [1.807, 2.05) is 0 Å². The summed E-state index contributed by atoms with van der Waals surface area (Å²) in [6.45, 7) is 1.80. The third kappa shape index (κ3) is 2.30. The Morgan fingerprint density at radius 3 is 3.00 bits per heavy atom. The van der Waals surface area contributed by atoms with Crippen LogP contribution in [0.4, 0.5) is 4.39 Å². The number of morpholine rings is 1. The Morgan fingerprint density at radius 1 is 1.53 bits per heavy atom. The van der Waals surface area contributed by atoms with Gasteiger partial charge in [0.2, 0.25) is 0 Å². The Kier molecular flexibility index (Phi) is 3.23. The Hall–Kier alpha value is -0.650. The van der Waals surface area contributed by atoms with E-state index in [-0.39, 0.29) is 11.8 Å². The number of halogens is 2. The molecule has 0 bridgehead atoms. The summed E-state index contributed by atoms with van der Waals surface area (Å²) < 4.78 is 19.1. The maximum absolute atomic E-state index is 13.2. The Bertz CT molecular complexity index is 367. The van der Waals surface area contributed by atoms with Crippen LogP contribution in [-0.2, 0) is 4.74 Å². The lowest BCUT2D eigenvalue weighted by atomic mass is 10.1. The Balaban J connectivity index is 2.33. The molecule has 1 aliphatic rings. The standard InChI is InChI=1S/C10H11BrFNO2/c11-6-3-7(10(14)8(12)4-6)9-5-15-2-1-13-9/h3-4,9,13-14H,1-2,5H2/t9-/m1/s1. The molecule has 0 unspecified atom stereocenters. The molecule has 15 heavy (non-hydrogen) atoms. The van der Waals surface area contributed by atoms with Crippen LogP contribution in [0.1, 0.15) is 11.6 Å². The lowest BCUT2D eigenvalue weighted by Gasteiger charge is -2.25. The molecule has 1 heterocycles. The predicted molar refractivity (Wildman–Crippen MR) is 57.3 cm³/mol. The number of nitrogens with one attached hydrogen (secondary N) is 1. The highest BCUT2D eigenvalue weighted by molar-refractivity contribution is 9.10. The fourth-order valence-electron chi connectivity index (χ4n) is 1.62. The molecule has 0 aromatic heterocycles. The number of phenolic OH excluding ortho intramolecular Hbond substituents is 1. The van der Waals surface area contributed by atoms with Crippen molar-refractivity contribution < 1.29 is 14.2 Å². The molecule has 0 aliphatic carbocycles. The van der Waals surface area contributed by atoms with Crippen LogP contribution in [0.3, 0.4) is 0 Å². The normalized spacial score (nSPS) is 21.6. The lowest BCUT2D eigenvalue weighted by Crippen LogP contribution is -2.34. The van der Waals surface area contributed by atoms with Crippen LogP contribution in [0.15, 0.2) is 16.6 Å². The van der Waals surface area contributed by atoms with Gasteiger partial charge >= 0.3 is 0 Å². The van der Waals surface area contributed by atoms with Gasteiger partial charge in [-0.2, -0.15) is 0 Å². The van der Waals surface area contributed by atoms with Gasteiger partial charge in [0.05, 0.1) is 19.3 Å². The van der Waals surface area contributed by atoms with E-state index in [1.165, 1.54) is 6.07 Å². The lowest BCUT2D eigenvalue weighted by molar-refractivity contribution is 0.0759. The Morgan fingerprint density at radius 2 is 2.33 bits per heavy atom. The van der Waals surface area contributed by atoms with E-state index in [4.69, 9.17) is 4.74 Å². The first-order valence-corrected chi connectivity index (χ1v) is 5.47. The number of hydrogen-bond acceptors (Lipinski definition) is 3. The third-order valence-corrected chi connectivity index (χ3v) is 2.81. The zero-order valence-corrected chi connectivity index (χ0v) is 9.55. The van der Waals surface area contributed by atoms with Gasteiger partial charge in [-0.05, 0) is 12.1 Å². The molecule has 1 aromatic carbocycles. The number of benzene rings is 1. The molecule has 2 N–H and O–H groups in total. The van der Waals surface area contributed by atoms with Crippen molar-refractivity contribution in [1.82, 2.24) is 5.32 Å². The molecule has 1 atom stereocenters. The summed E-state index contributed by atoms with van der Waals surface area (Å²) in [6.07, 6.45) is 0. The number of phenols is 1. The molecular weight excluding hydrogens is 265 g/mol. The van der Waals surface area contributed by atoms with Gasteiger partial charge in [-0.1, -0.05) is 15.9 Å². The van der Waals surface area contributed by atoms with Crippen molar-refractivity contribution in [3.8, 4) is 5.75 Å². The molecule has 1 aromatic rings. The molecule has 2 rings (SSSR count). The summed E-state index contributed by atoms with van der Waals surface area (Å²) in [6, 6.07) is 2.79. The summed E-state index contributed by atoms with van der Waals surface area (Å²) in [5.74, 6) is -0.923. The van der Waals surface area contributed by atoms with E-state index < -0.39 is 5.82 Å². The fraction of sp³-hybridized carbons (Fsp3) is 0.400. The highest BCUT2D eigenvalue weighted by Crippen LogP contribution is 2.31. The minimum absolute atomic E-state index is 0.147. The van der Waals surface area contributed by atoms with Crippen molar-refractivity contribution >= 4 is 15.9 Å². The maximum atomic E-state index is 13.2. The van der Waals surface area contributed by atoms with Gasteiger partial charge < -0.3 is 15.2 Å². The van der Waals surface area contributed by atoms with Gasteiger partial charge in [-0.15, -0.1) is 0 Å². The van der Waals surface area contributed by atoms with Crippen molar-refractivity contribution in [3.63, 3.8) is 0 Å². The van der Waals surface area contributed by atoms with Crippen molar-refractivity contribution in [2.24, 2.45) is 0 Å². The number of ether oxygens (including phenoxy) is 1. The highest BCUT2D eigenvalue weighted by atomic mass is 79.9. The molecule has 1 aliphatic heterocycles. The van der Waals surface area contributed by atoms with Gasteiger partial charge in [-0.3, -0.25) is 0 Å². The molecule has 1 fully saturated rings. The first-order chi connectivity index (χ1) is 7.18. The first kappa shape index (κ1) is 10.9. The van der Waals surface area contributed by atoms with Crippen LogP contribution < -0.4 is 5.32 Å². The number of hydrogen-bond donors (Lipinski definition) is 2. The molecule has 3 nitrogen and oxygen atoms in total. The second kappa shape index (κ2) is 4.47. The predicted octanol–water partition coefficient (Wildman–Crippen LogP) is 1.95. The summed E-state index contributed by atoms with van der Waals surface area (Å²) in [5.41, 5.74) is 0.529. The van der Waals surface area contributed by atoms with Crippen molar-refractivity contribution in [3.05, 3.63) is 28.0 Å². The molecule has 0 radical (unpaired) electrons. The van der Waals surface area contributed by atoms with Gasteiger partial charge in [0.25, 0.3) is 0 Å². The molecule has 0 spiro atoms. The van der Waals surface area contributed by atoms with Crippen LogP contribution in [0.5, 0.6) is 5.75 Å². The van der Waals surface area contributed by atoms with Gasteiger partial charge in [0.1, 0.15) is 0 Å². The van der Waals surface area contributed by atoms with Gasteiger partial charge in [-0.25, -0.2) is 4.39 Å². The summed E-state index contributed by atoms with van der Waals surface area (Å²) in [4.78, 5) is 0. The van der Waals surface area contributed by atoms with E-state index in [0.717, 1.165) is 0 Å². The minimum atomic E-state index is -0.619. The van der Waals surface area contributed by atoms with Gasteiger partial charge in [0.15, 0.2) is 11.6 Å². The second-order valence-corrected chi connectivity index (χ2v) is 4.32. The molecule has 0 amide bonds. The van der Waals surface area contributed by atoms with E-state index in [9.17, 15) is 9.50 Å². The quantitative estimate of drug-likeness (QED) is 0.823. The van der Waals surface area contributed by atoms with E-state index in [2.05, 4.69) is 21.2 Å². The molecule has 0 saturated carbocycles. The fourth-order valence-corrected chi connectivity index (χ4v) is 2.06. The van der Waals surface area contributed by atoms with Crippen molar-refractivity contribution in [1.29, 1.82) is 0 Å². The maximum Gasteiger partial charge on any atom is 0.166 e. The van der Waals surface area contributed by atoms with Crippen LogP contribution in [-0.4, -0.2) is 24.9 Å². The van der Waals surface area contributed by atoms with E-state index >= 15 is 0 Å². The topological polar surface area (TPSA) is 41.5 Å². The zero-order valence-electron chi connectivity index (χ0n) is 7.96. The van der Waals surface area contributed by atoms with Crippen molar-refractivity contribution in [2.45, 2.75) is 6.04 Å². The van der Waals surface area contributed by atoms with Crippen LogP contribution in [0, 0.1) is 5.82 Å². The summed E-state index contributed by atoms with van der Waals surface area (Å²) in [5, 5.41) is 12.7. The summed E-state index contributed by atoms with van der Waals surface area (Å²) in [7, 11) is 0. The SMILES string of the molecule is Oc1c(F)cc(Br)cc1[C@H]1COCCN1. The average Bonchev–Trinajstić information content (AvgIpc) is 2.24. The zero-order chi connectivity index (χ0) is 10.8. The van der Waals surface area contributed by atoms with Gasteiger partial charge in [0, 0.05) is 16.6 Å². The highest BCUT2D eigenvalue weighted by Gasteiger charge is 2.20. The van der Waals surface area contributed by atoms with Crippen LogP contribution in [0.25, 0.3) is 0 Å². The minimum Gasteiger partial charge on any atom is -0.505 e. The van der Waals surface area contributed by atoms with Crippen LogP contribution in [0.2, 0.25) is 0 Å². The molecule has 82 valence electrons. The third-order valence-electron chi connectivity index (χ3n) is 2.35. The molecular formula is C10H11BrFNO2. The van der Waals surface area contributed by atoms with E-state index in [1.54, 1.807) is 6.07 Å². The number of aromatic hydroxyl groups is 1. The second-order valence-electron chi connectivity index (χ2n) is 3.41. The van der Waals surface area contributed by atoms with Crippen molar-refractivity contribution in [2.75, 3.05) is 19.8 Å². The van der Waals surface area contributed by atoms with E-state index in [0.29, 0.717) is 29.8 Å². The smallest absolute Gasteiger partial charge is 0.166 e. The monoisotopic (exact) mass is 275 g/mol. The number of rotatable bonds is 1. The van der Waals surface area contributed by atoms with Crippen LogP contribution >= 0.6 is 15.9 Å². The Labute approximate surface area is 95.4 Å². The average molecular weight is 276 g/mol. The first-order valence-electron chi connectivity index (χ1n) is 4.67.